The number of para-hydroxylation sites is 1. The van der Waals surface area contributed by atoms with Crippen molar-refractivity contribution in [3.8, 4) is 0 Å². The van der Waals surface area contributed by atoms with Crippen molar-refractivity contribution in [3.05, 3.63) is 36.0 Å². The molecule has 0 radical (unpaired) electrons. The normalized spacial score (nSPS) is 22.2. The number of carbonyl (C=O) groups excluding carboxylic acids is 2. The Balaban J connectivity index is 1.68. The minimum atomic E-state index is -0.906. The molecule has 0 saturated heterocycles. The summed E-state index contributed by atoms with van der Waals surface area (Å²) < 4.78 is 2.05. The molecule has 1 saturated carbocycles. The molecular weight excluding hydrogens is 388 g/mol. The molecule has 1 atom stereocenters. The van der Waals surface area contributed by atoms with Crippen molar-refractivity contribution < 1.29 is 9.59 Å². The van der Waals surface area contributed by atoms with Gasteiger partial charge in [0.05, 0.1) is 6.54 Å². The van der Waals surface area contributed by atoms with E-state index in [4.69, 9.17) is 0 Å². The number of hydrogen-bond acceptors (Lipinski definition) is 3. The number of nitrogens with one attached hydrogen (secondary N) is 1. The van der Waals surface area contributed by atoms with Crippen LogP contribution in [0.2, 0.25) is 0 Å². The van der Waals surface area contributed by atoms with Gasteiger partial charge in [-0.25, -0.2) is 0 Å². The summed E-state index contributed by atoms with van der Waals surface area (Å²) in [5.74, 6) is -0.0633. The average Bonchev–Trinajstić information content (AvgIpc) is 3.15. The fourth-order valence-electron chi connectivity index (χ4n) is 5.23. The number of benzene rings is 1. The highest BCUT2D eigenvalue weighted by Crippen LogP contribution is 2.32. The Kier molecular flexibility index (Phi) is 6.37. The largest absolute Gasteiger partial charge is 0.351 e. The highest BCUT2D eigenvalue weighted by atomic mass is 16.2. The van der Waals surface area contributed by atoms with E-state index in [0.29, 0.717) is 18.8 Å². The molecule has 1 aliphatic carbocycles. The van der Waals surface area contributed by atoms with Gasteiger partial charge in [-0.1, -0.05) is 51.3 Å². The lowest BCUT2D eigenvalue weighted by atomic mass is 9.91. The molecule has 2 aliphatic rings. The Bertz CT molecular complexity index is 942. The van der Waals surface area contributed by atoms with Crippen molar-refractivity contribution in [1.82, 2.24) is 19.7 Å². The van der Waals surface area contributed by atoms with Crippen molar-refractivity contribution in [2.75, 3.05) is 26.2 Å². The zero-order chi connectivity index (χ0) is 22.0. The lowest BCUT2D eigenvalue weighted by Crippen LogP contribution is -2.65. The standard InChI is InChI=1S/C25H36N4O2/c1-4-27(5-2)15-16-29-23(30)22-17-19-11-9-10-14-21(19)28(22)18-25(29,3)24(31)26-20-12-7-6-8-13-20/h9-11,14,17,20H,4-8,12-13,15-16,18H2,1-3H3,(H,26,31)/t25-/m1/s1. The Morgan fingerprint density at radius 1 is 1.16 bits per heavy atom. The zero-order valence-corrected chi connectivity index (χ0v) is 19.2. The molecule has 6 nitrogen and oxygen atoms in total. The maximum absolute atomic E-state index is 13.7. The summed E-state index contributed by atoms with van der Waals surface area (Å²) in [6.07, 6.45) is 5.65. The quantitative estimate of drug-likeness (QED) is 0.738. The number of fused-ring (bicyclic) bond motifs is 3. The van der Waals surface area contributed by atoms with Crippen LogP contribution < -0.4 is 5.32 Å². The molecule has 0 spiro atoms. The van der Waals surface area contributed by atoms with Gasteiger partial charge in [-0.3, -0.25) is 9.59 Å². The summed E-state index contributed by atoms with van der Waals surface area (Å²) in [4.78, 5) is 31.5. The van der Waals surface area contributed by atoms with Crippen LogP contribution in [0.5, 0.6) is 0 Å². The number of aromatic nitrogens is 1. The topological polar surface area (TPSA) is 57.6 Å². The molecule has 2 aromatic rings. The van der Waals surface area contributed by atoms with E-state index in [1.807, 2.05) is 46.7 Å². The molecule has 1 aliphatic heterocycles. The summed E-state index contributed by atoms with van der Waals surface area (Å²) in [7, 11) is 0. The third kappa shape index (κ3) is 4.10. The highest BCUT2D eigenvalue weighted by molar-refractivity contribution is 6.03. The molecule has 0 bridgehead atoms. The van der Waals surface area contributed by atoms with Crippen LogP contribution in [0.1, 0.15) is 63.4 Å². The van der Waals surface area contributed by atoms with Gasteiger partial charge in [0.2, 0.25) is 5.91 Å². The predicted molar refractivity (Wildman–Crippen MR) is 124 cm³/mol. The Morgan fingerprint density at radius 3 is 2.58 bits per heavy atom. The average molecular weight is 425 g/mol. The molecule has 1 aromatic heterocycles. The third-order valence-electron chi connectivity index (χ3n) is 7.30. The second-order valence-electron chi connectivity index (χ2n) is 9.24. The number of hydrogen-bond donors (Lipinski definition) is 1. The van der Waals surface area contributed by atoms with Gasteiger partial charge in [-0.05, 0) is 45.0 Å². The van der Waals surface area contributed by atoms with Crippen molar-refractivity contribution >= 4 is 22.7 Å². The first-order valence-corrected chi connectivity index (χ1v) is 11.9. The van der Waals surface area contributed by atoms with E-state index in [1.165, 1.54) is 19.3 Å². The van der Waals surface area contributed by atoms with Gasteiger partial charge in [0, 0.05) is 30.0 Å². The molecule has 2 amide bonds. The van der Waals surface area contributed by atoms with Crippen LogP contribution in [0.3, 0.4) is 0 Å². The number of amides is 2. The smallest absolute Gasteiger partial charge is 0.271 e. The molecule has 1 N–H and O–H groups in total. The van der Waals surface area contributed by atoms with E-state index < -0.39 is 5.54 Å². The van der Waals surface area contributed by atoms with E-state index >= 15 is 0 Å². The molecule has 168 valence electrons. The summed E-state index contributed by atoms with van der Waals surface area (Å²) in [6, 6.07) is 10.3. The Hall–Kier alpha value is -2.34. The van der Waals surface area contributed by atoms with Gasteiger partial charge >= 0.3 is 0 Å². The van der Waals surface area contributed by atoms with E-state index in [0.717, 1.165) is 43.4 Å². The SMILES string of the molecule is CCN(CC)CCN1C(=O)c2cc3ccccc3n2C[C@]1(C)C(=O)NC1CCCCC1. The highest BCUT2D eigenvalue weighted by Gasteiger charge is 2.48. The molecule has 31 heavy (non-hydrogen) atoms. The first-order valence-electron chi connectivity index (χ1n) is 11.9. The van der Waals surface area contributed by atoms with Gasteiger partial charge in [0.25, 0.3) is 5.91 Å². The van der Waals surface area contributed by atoms with Crippen LogP contribution in [0, 0.1) is 0 Å². The lowest BCUT2D eigenvalue weighted by Gasteiger charge is -2.45. The molecule has 1 fully saturated rings. The predicted octanol–water partition coefficient (Wildman–Crippen LogP) is 3.65. The van der Waals surface area contributed by atoms with Crippen molar-refractivity contribution in [1.29, 1.82) is 0 Å². The summed E-state index contributed by atoms with van der Waals surface area (Å²) in [5.41, 5.74) is 0.797. The van der Waals surface area contributed by atoms with Crippen LogP contribution in [0.25, 0.3) is 10.9 Å². The molecule has 0 unspecified atom stereocenters. The van der Waals surface area contributed by atoms with Gasteiger partial charge in [0.1, 0.15) is 11.2 Å². The maximum atomic E-state index is 13.7. The number of carbonyl (C=O) groups is 2. The monoisotopic (exact) mass is 424 g/mol. The van der Waals surface area contributed by atoms with Crippen molar-refractivity contribution in [2.24, 2.45) is 0 Å². The summed E-state index contributed by atoms with van der Waals surface area (Å²) in [6.45, 7) is 9.89. The fourth-order valence-corrected chi connectivity index (χ4v) is 5.23. The first-order chi connectivity index (χ1) is 15.0. The van der Waals surface area contributed by atoms with Crippen LogP contribution in [-0.2, 0) is 11.3 Å². The van der Waals surface area contributed by atoms with Crippen LogP contribution in [0.4, 0.5) is 0 Å². The summed E-state index contributed by atoms with van der Waals surface area (Å²) in [5, 5.41) is 4.35. The number of nitrogens with zero attached hydrogens (tertiary/aromatic N) is 3. The van der Waals surface area contributed by atoms with E-state index in [2.05, 4.69) is 24.1 Å². The second-order valence-corrected chi connectivity index (χ2v) is 9.24. The van der Waals surface area contributed by atoms with Crippen molar-refractivity contribution in [3.63, 3.8) is 0 Å². The minimum absolute atomic E-state index is 0.0178. The minimum Gasteiger partial charge on any atom is -0.351 e. The fraction of sp³-hybridized carbons (Fsp3) is 0.600. The third-order valence-corrected chi connectivity index (χ3v) is 7.30. The van der Waals surface area contributed by atoms with Gasteiger partial charge in [0.15, 0.2) is 0 Å². The van der Waals surface area contributed by atoms with Gasteiger partial charge in [-0.2, -0.15) is 0 Å². The lowest BCUT2D eigenvalue weighted by molar-refractivity contribution is -0.133. The molecule has 2 heterocycles. The van der Waals surface area contributed by atoms with Gasteiger partial charge in [-0.15, -0.1) is 0 Å². The van der Waals surface area contributed by atoms with Gasteiger partial charge < -0.3 is 19.7 Å². The Morgan fingerprint density at radius 2 is 1.87 bits per heavy atom. The maximum Gasteiger partial charge on any atom is 0.271 e. The van der Waals surface area contributed by atoms with E-state index in [9.17, 15) is 9.59 Å². The molecular formula is C25H36N4O2. The number of likely N-dealkylation sites (N-methyl/N-ethyl adjacent to an activating group) is 1. The second kappa shape index (κ2) is 9.03. The van der Waals surface area contributed by atoms with E-state index in [-0.39, 0.29) is 17.9 Å². The van der Waals surface area contributed by atoms with Crippen LogP contribution in [0.15, 0.2) is 30.3 Å². The van der Waals surface area contributed by atoms with Crippen LogP contribution in [-0.4, -0.2) is 63.9 Å². The van der Waals surface area contributed by atoms with Crippen molar-refractivity contribution in [2.45, 2.75) is 71.0 Å². The number of rotatable bonds is 7. The first kappa shape index (κ1) is 21.9. The Labute approximate surface area is 185 Å². The molecule has 6 heteroatoms. The molecule has 4 rings (SSSR count). The van der Waals surface area contributed by atoms with Crippen LogP contribution >= 0.6 is 0 Å². The molecule has 1 aromatic carbocycles. The zero-order valence-electron chi connectivity index (χ0n) is 19.2. The van der Waals surface area contributed by atoms with E-state index in [1.54, 1.807) is 0 Å². The summed E-state index contributed by atoms with van der Waals surface area (Å²) >= 11 is 0.